The first-order chi connectivity index (χ1) is 9.59. The van der Waals surface area contributed by atoms with Crippen LogP contribution in [0.4, 0.5) is 13.2 Å². The van der Waals surface area contributed by atoms with Crippen molar-refractivity contribution >= 4 is 23.3 Å². The van der Waals surface area contributed by atoms with Crippen LogP contribution in [0.5, 0.6) is 5.75 Å². The highest BCUT2D eigenvalue weighted by Crippen LogP contribution is 2.31. The highest BCUT2D eigenvalue weighted by atomic mass is 35.5. The summed E-state index contributed by atoms with van der Waals surface area (Å²) < 4.78 is 40.4. The van der Waals surface area contributed by atoms with Crippen molar-refractivity contribution in [1.29, 1.82) is 0 Å². The van der Waals surface area contributed by atoms with E-state index < -0.39 is 23.7 Å². The molecule has 0 fully saturated rings. The molecule has 0 spiro atoms. The number of hydrogen-bond donors (Lipinski definition) is 1. The van der Waals surface area contributed by atoms with E-state index in [0.717, 1.165) is 12.1 Å². The molecular weight excluding hydrogens is 315 g/mol. The quantitative estimate of drug-likeness (QED) is 0.927. The SMILES string of the molecule is CC1(C(=O)O)CC(c2cc(Cl)cc(OC(F)(F)F)c2)=NO1. The molecule has 114 valence electrons. The van der Waals surface area contributed by atoms with E-state index in [2.05, 4.69) is 9.89 Å². The van der Waals surface area contributed by atoms with Gasteiger partial charge in [-0.25, -0.2) is 4.79 Å². The fourth-order valence-corrected chi connectivity index (χ4v) is 1.96. The number of hydrogen-bond acceptors (Lipinski definition) is 4. The van der Waals surface area contributed by atoms with Gasteiger partial charge in [0, 0.05) is 17.0 Å². The van der Waals surface area contributed by atoms with E-state index >= 15 is 0 Å². The highest BCUT2D eigenvalue weighted by molar-refractivity contribution is 6.31. The van der Waals surface area contributed by atoms with Gasteiger partial charge < -0.3 is 14.7 Å². The number of benzene rings is 1. The average molecular weight is 324 g/mol. The number of alkyl halides is 3. The van der Waals surface area contributed by atoms with E-state index in [1.54, 1.807) is 0 Å². The summed E-state index contributed by atoms with van der Waals surface area (Å²) in [4.78, 5) is 15.9. The standard InChI is InChI=1S/C12H9ClF3NO4/c1-11(10(18)19)5-9(17-21-11)6-2-7(13)4-8(3-6)20-12(14,15)16/h2-4H,5H2,1H3,(H,18,19). The first kappa shape index (κ1) is 15.4. The van der Waals surface area contributed by atoms with Crippen LogP contribution in [0.25, 0.3) is 0 Å². The summed E-state index contributed by atoms with van der Waals surface area (Å²) in [6, 6.07) is 3.40. The number of carboxylic acids is 1. The molecule has 9 heteroatoms. The maximum absolute atomic E-state index is 12.2. The molecule has 1 aliphatic rings. The van der Waals surface area contributed by atoms with Crippen molar-refractivity contribution in [2.75, 3.05) is 0 Å². The van der Waals surface area contributed by atoms with Crippen LogP contribution in [0, 0.1) is 0 Å². The van der Waals surface area contributed by atoms with Crippen molar-refractivity contribution in [3.63, 3.8) is 0 Å². The lowest BCUT2D eigenvalue weighted by Crippen LogP contribution is -2.35. The van der Waals surface area contributed by atoms with Gasteiger partial charge in [-0.05, 0) is 25.1 Å². The molecule has 0 saturated carbocycles. The molecule has 0 saturated heterocycles. The van der Waals surface area contributed by atoms with Crippen molar-refractivity contribution < 1.29 is 32.6 Å². The zero-order chi connectivity index (χ0) is 15.8. The summed E-state index contributed by atoms with van der Waals surface area (Å²) in [6.07, 6.45) is -4.96. The Balaban J connectivity index is 2.28. The number of nitrogens with zero attached hydrogens (tertiary/aromatic N) is 1. The van der Waals surface area contributed by atoms with Gasteiger partial charge in [-0.2, -0.15) is 0 Å². The summed E-state index contributed by atoms with van der Waals surface area (Å²) in [7, 11) is 0. The molecule has 0 aromatic heterocycles. The Morgan fingerprint density at radius 3 is 2.67 bits per heavy atom. The maximum atomic E-state index is 12.2. The number of carboxylic acid groups (broad SMARTS) is 1. The lowest BCUT2D eigenvalue weighted by atomic mass is 9.96. The van der Waals surface area contributed by atoms with Crippen LogP contribution >= 0.6 is 11.6 Å². The second-order valence-corrected chi connectivity index (χ2v) is 5.00. The maximum Gasteiger partial charge on any atom is 0.573 e. The largest absolute Gasteiger partial charge is 0.573 e. The van der Waals surface area contributed by atoms with Crippen molar-refractivity contribution in [1.82, 2.24) is 0 Å². The van der Waals surface area contributed by atoms with Crippen LogP contribution in [-0.4, -0.2) is 28.8 Å². The van der Waals surface area contributed by atoms with E-state index in [-0.39, 0.29) is 22.7 Å². The molecular formula is C12H9ClF3NO4. The molecule has 0 bridgehead atoms. The molecule has 21 heavy (non-hydrogen) atoms. The van der Waals surface area contributed by atoms with Crippen LogP contribution in [0.1, 0.15) is 18.9 Å². The van der Waals surface area contributed by atoms with E-state index in [1.807, 2.05) is 0 Å². The average Bonchev–Trinajstić information content (AvgIpc) is 2.70. The molecule has 1 aliphatic heterocycles. The molecule has 1 unspecified atom stereocenters. The molecule has 1 heterocycles. The zero-order valence-corrected chi connectivity index (χ0v) is 11.3. The zero-order valence-electron chi connectivity index (χ0n) is 10.6. The van der Waals surface area contributed by atoms with Crippen molar-refractivity contribution in [3.05, 3.63) is 28.8 Å². The molecule has 1 atom stereocenters. The van der Waals surface area contributed by atoms with Gasteiger partial charge in [0.15, 0.2) is 0 Å². The lowest BCUT2D eigenvalue weighted by Gasteiger charge is -2.14. The number of ether oxygens (including phenoxy) is 1. The van der Waals surface area contributed by atoms with Crippen LogP contribution in [0.3, 0.4) is 0 Å². The summed E-state index contributed by atoms with van der Waals surface area (Å²) in [6.45, 7) is 1.31. The van der Waals surface area contributed by atoms with Gasteiger partial charge in [0.2, 0.25) is 5.60 Å². The Morgan fingerprint density at radius 2 is 2.14 bits per heavy atom. The number of rotatable bonds is 3. The van der Waals surface area contributed by atoms with E-state index in [9.17, 15) is 18.0 Å². The minimum Gasteiger partial charge on any atom is -0.478 e. The van der Waals surface area contributed by atoms with E-state index in [0.29, 0.717) is 0 Å². The molecule has 1 N–H and O–H groups in total. The highest BCUT2D eigenvalue weighted by Gasteiger charge is 2.42. The van der Waals surface area contributed by atoms with E-state index in [4.69, 9.17) is 21.5 Å². The second-order valence-electron chi connectivity index (χ2n) is 4.57. The normalized spacial score (nSPS) is 21.7. The first-order valence-electron chi connectivity index (χ1n) is 5.64. The first-order valence-corrected chi connectivity index (χ1v) is 6.02. The third kappa shape index (κ3) is 3.57. The van der Waals surface area contributed by atoms with Crippen molar-refractivity contribution in [2.24, 2.45) is 5.16 Å². The molecule has 2 rings (SSSR count). The minimum absolute atomic E-state index is 0.00150. The Morgan fingerprint density at radius 1 is 1.48 bits per heavy atom. The molecule has 0 radical (unpaired) electrons. The lowest BCUT2D eigenvalue weighted by molar-refractivity contribution is -0.274. The third-order valence-corrected chi connectivity index (χ3v) is 2.97. The Labute approximate surface area is 121 Å². The smallest absolute Gasteiger partial charge is 0.478 e. The van der Waals surface area contributed by atoms with Gasteiger partial charge in [0.25, 0.3) is 0 Å². The summed E-state index contributed by atoms with van der Waals surface area (Å²) in [5, 5.41) is 12.6. The van der Waals surface area contributed by atoms with Crippen LogP contribution < -0.4 is 4.74 Å². The third-order valence-electron chi connectivity index (χ3n) is 2.75. The predicted octanol–water partition coefficient (Wildman–Crippen LogP) is 3.21. The fraction of sp³-hybridized carbons (Fsp3) is 0.333. The number of oxime groups is 1. The number of halogens is 4. The van der Waals surface area contributed by atoms with Gasteiger partial charge in [0.1, 0.15) is 5.75 Å². The second kappa shape index (κ2) is 5.10. The molecule has 0 amide bonds. The summed E-state index contributed by atoms with van der Waals surface area (Å²) in [5.74, 6) is -1.74. The fourth-order valence-electron chi connectivity index (χ4n) is 1.73. The Kier molecular flexibility index (Phi) is 3.75. The van der Waals surface area contributed by atoms with Crippen LogP contribution in [-0.2, 0) is 9.63 Å². The monoisotopic (exact) mass is 323 g/mol. The number of carbonyl (C=O) groups is 1. The summed E-state index contributed by atoms with van der Waals surface area (Å²) >= 11 is 5.73. The van der Waals surface area contributed by atoms with Crippen LogP contribution in [0.2, 0.25) is 5.02 Å². The van der Waals surface area contributed by atoms with Gasteiger partial charge in [-0.15, -0.1) is 13.2 Å². The molecule has 1 aromatic carbocycles. The molecule has 0 aliphatic carbocycles. The Hall–Kier alpha value is -1.96. The Bertz CT molecular complexity index is 617. The predicted molar refractivity (Wildman–Crippen MR) is 66.4 cm³/mol. The molecule has 1 aromatic rings. The number of aliphatic carboxylic acids is 1. The van der Waals surface area contributed by atoms with Gasteiger partial charge in [-0.3, -0.25) is 0 Å². The molecule has 5 nitrogen and oxygen atoms in total. The minimum atomic E-state index is -4.86. The van der Waals surface area contributed by atoms with Crippen molar-refractivity contribution in [2.45, 2.75) is 25.3 Å². The topological polar surface area (TPSA) is 68.1 Å². The van der Waals surface area contributed by atoms with Gasteiger partial charge in [-0.1, -0.05) is 16.8 Å². The van der Waals surface area contributed by atoms with Gasteiger partial charge >= 0.3 is 12.3 Å². The summed E-state index contributed by atoms with van der Waals surface area (Å²) in [5.41, 5.74) is -1.18. The van der Waals surface area contributed by atoms with Gasteiger partial charge in [0.05, 0.1) is 5.71 Å². The van der Waals surface area contributed by atoms with E-state index in [1.165, 1.54) is 13.0 Å². The van der Waals surface area contributed by atoms with Crippen LogP contribution in [0.15, 0.2) is 23.4 Å². The van der Waals surface area contributed by atoms with Crippen molar-refractivity contribution in [3.8, 4) is 5.75 Å².